The highest BCUT2D eigenvalue weighted by Gasteiger charge is 2.52. The lowest BCUT2D eigenvalue weighted by Gasteiger charge is -2.28. The summed E-state index contributed by atoms with van der Waals surface area (Å²) in [7, 11) is 1.62. The number of benzene rings is 1. The third-order valence-electron chi connectivity index (χ3n) is 4.58. The van der Waals surface area contributed by atoms with E-state index < -0.39 is 17.8 Å². The number of carbonyl (C=O) groups is 2. The Bertz CT molecular complexity index is 624. The number of hydrogen-bond donors (Lipinski definition) is 2. The van der Waals surface area contributed by atoms with Crippen LogP contribution in [0, 0.1) is 23.7 Å². The second-order valence-corrected chi connectivity index (χ2v) is 5.76. The molecule has 1 aromatic rings. The Labute approximate surface area is 122 Å². The van der Waals surface area contributed by atoms with Gasteiger partial charge in [0.05, 0.1) is 11.8 Å². The molecule has 0 aliphatic heterocycles. The molecule has 2 bridgehead atoms. The number of phenols is 1. The summed E-state index contributed by atoms with van der Waals surface area (Å²) in [4.78, 5) is 25.6. The average molecular weight is 287 g/mol. The first-order valence-electron chi connectivity index (χ1n) is 6.97. The van der Waals surface area contributed by atoms with E-state index in [1.54, 1.807) is 19.2 Å². The van der Waals surface area contributed by atoms with Crippen LogP contribution in [0.15, 0.2) is 36.4 Å². The van der Waals surface area contributed by atoms with E-state index >= 15 is 0 Å². The summed E-state index contributed by atoms with van der Waals surface area (Å²) in [6.07, 6.45) is 4.62. The highest BCUT2D eigenvalue weighted by molar-refractivity contribution is 5.98. The molecule has 5 nitrogen and oxygen atoms in total. The quantitative estimate of drug-likeness (QED) is 0.832. The van der Waals surface area contributed by atoms with E-state index in [2.05, 4.69) is 0 Å². The van der Waals surface area contributed by atoms with Crippen molar-refractivity contribution in [2.45, 2.75) is 6.42 Å². The average Bonchev–Trinajstić information content (AvgIpc) is 3.06. The van der Waals surface area contributed by atoms with Gasteiger partial charge in [0.25, 0.3) is 0 Å². The van der Waals surface area contributed by atoms with Gasteiger partial charge in [0.1, 0.15) is 5.75 Å². The van der Waals surface area contributed by atoms with Gasteiger partial charge in [-0.1, -0.05) is 18.2 Å². The number of rotatable bonds is 3. The minimum atomic E-state index is -0.908. The van der Waals surface area contributed by atoms with E-state index in [1.807, 2.05) is 12.2 Å². The molecule has 0 aromatic heterocycles. The first-order valence-corrected chi connectivity index (χ1v) is 6.97. The van der Waals surface area contributed by atoms with E-state index in [1.165, 1.54) is 17.0 Å². The molecule has 4 atom stereocenters. The SMILES string of the molecule is CN(C(=O)C1C2C=CC(C2)C1C(=O)O)c1cccc(O)c1. The van der Waals surface area contributed by atoms with Crippen LogP contribution in [-0.4, -0.2) is 29.1 Å². The van der Waals surface area contributed by atoms with E-state index in [9.17, 15) is 19.8 Å². The van der Waals surface area contributed by atoms with Crippen LogP contribution < -0.4 is 4.90 Å². The fraction of sp³-hybridized carbons (Fsp3) is 0.375. The lowest BCUT2D eigenvalue weighted by atomic mass is 9.82. The fourth-order valence-corrected chi connectivity index (χ4v) is 3.55. The monoisotopic (exact) mass is 287 g/mol. The standard InChI is InChI=1S/C16H17NO4/c1-17(11-3-2-4-12(18)8-11)15(19)13-9-5-6-10(7-9)14(13)16(20)21/h2-6,8-10,13-14,18H,7H2,1H3,(H,20,21). The van der Waals surface area contributed by atoms with Gasteiger partial charge in [0.15, 0.2) is 0 Å². The van der Waals surface area contributed by atoms with E-state index in [-0.39, 0.29) is 23.5 Å². The molecule has 1 aromatic carbocycles. The van der Waals surface area contributed by atoms with Crippen LogP contribution in [0.3, 0.4) is 0 Å². The van der Waals surface area contributed by atoms with Crippen LogP contribution in [0.25, 0.3) is 0 Å². The predicted octanol–water partition coefficient (Wildman–Crippen LogP) is 1.88. The lowest BCUT2D eigenvalue weighted by molar-refractivity contribution is -0.147. The van der Waals surface area contributed by atoms with Gasteiger partial charge in [0.2, 0.25) is 5.91 Å². The molecule has 0 saturated heterocycles. The van der Waals surface area contributed by atoms with Crippen LogP contribution in [0.1, 0.15) is 6.42 Å². The zero-order chi connectivity index (χ0) is 15.1. The summed E-state index contributed by atoms with van der Waals surface area (Å²) in [5, 5.41) is 18.9. The number of amides is 1. The van der Waals surface area contributed by atoms with E-state index in [0.717, 1.165) is 6.42 Å². The molecule has 2 aliphatic rings. The van der Waals surface area contributed by atoms with Crippen molar-refractivity contribution >= 4 is 17.6 Å². The van der Waals surface area contributed by atoms with Gasteiger partial charge in [-0.25, -0.2) is 0 Å². The van der Waals surface area contributed by atoms with Crippen LogP contribution in [-0.2, 0) is 9.59 Å². The van der Waals surface area contributed by atoms with Gasteiger partial charge in [-0.05, 0) is 30.4 Å². The number of nitrogens with zero attached hydrogens (tertiary/aromatic N) is 1. The van der Waals surface area contributed by atoms with E-state index in [0.29, 0.717) is 5.69 Å². The fourth-order valence-electron chi connectivity index (χ4n) is 3.55. The molecule has 0 radical (unpaired) electrons. The minimum Gasteiger partial charge on any atom is -0.508 e. The van der Waals surface area contributed by atoms with Crippen LogP contribution in [0.4, 0.5) is 5.69 Å². The van der Waals surface area contributed by atoms with Crippen molar-refractivity contribution in [2.75, 3.05) is 11.9 Å². The summed E-state index contributed by atoms with van der Waals surface area (Å²) in [5.41, 5.74) is 0.566. The molecule has 110 valence electrons. The molecular formula is C16H17NO4. The summed E-state index contributed by atoms with van der Waals surface area (Å²) in [6.45, 7) is 0. The second kappa shape index (κ2) is 4.91. The van der Waals surface area contributed by atoms with Crippen molar-refractivity contribution in [2.24, 2.45) is 23.7 Å². The topological polar surface area (TPSA) is 77.8 Å². The molecule has 1 saturated carbocycles. The normalized spacial score (nSPS) is 29.6. The van der Waals surface area contributed by atoms with Crippen molar-refractivity contribution in [3.8, 4) is 5.75 Å². The Morgan fingerprint density at radius 2 is 1.86 bits per heavy atom. The molecule has 0 heterocycles. The third kappa shape index (κ3) is 2.18. The van der Waals surface area contributed by atoms with Crippen molar-refractivity contribution in [3.05, 3.63) is 36.4 Å². The van der Waals surface area contributed by atoms with E-state index in [4.69, 9.17) is 0 Å². The first kappa shape index (κ1) is 13.7. The Morgan fingerprint density at radius 1 is 1.19 bits per heavy atom. The number of hydrogen-bond acceptors (Lipinski definition) is 3. The number of allylic oxidation sites excluding steroid dienone is 2. The maximum absolute atomic E-state index is 12.7. The molecule has 1 amide bonds. The van der Waals surface area contributed by atoms with Gasteiger partial charge >= 0.3 is 5.97 Å². The second-order valence-electron chi connectivity index (χ2n) is 5.76. The summed E-state index contributed by atoms with van der Waals surface area (Å²) in [6, 6.07) is 6.40. The summed E-state index contributed by atoms with van der Waals surface area (Å²) >= 11 is 0. The molecule has 5 heteroatoms. The summed E-state index contributed by atoms with van der Waals surface area (Å²) < 4.78 is 0. The molecule has 21 heavy (non-hydrogen) atoms. The zero-order valence-electron chi connectivity index (χ0n) is 11.6. The lowest BCUT2D eigenvalue weighted by Crippen LogP contribution is -2.41. The van der Waals surface area contributed by atoms with Gasteiger partial charge in [-0.2, -0.15) is 0 Å². The maximum Gasteiger partial charge on any atom is 0.307 e. The third-order valence-corrected chi connectivity index (χ3v) is 4.58. The van der Waals surface area contributed by atoms with Crippen molar-refractivity contribution in [1.82, 2.24) is 0 Å². The smallest absolute Gasteiger partial charge is 0.307 e. The van der Waals surface area contributed by atoms with Crippen molar-refractivity contribution < 1.29 is 19.8 Å². The van der Waals surface area contributed by atoms with Crippen LogP contribution in [0.2, 0.25) is 0 Å². The Morgan fingerprint density at radius 3 is 2.48 bits per heavy atom. The number of carboxylic acid groups (broad SMARTS) is 1. The minimum absolute atomic E-state index is 0.00311. The first-order chi connectivity index (χ1) is 9.99. The van der Waals surface area contributed by atoms with Crippen LogP contribution in [0.5, 0.6) is 5.75 Å². The Balaban J connectivity index is 1.87. The number of phenolic OH excluding ortho intramolecular Hbond substituents is 1. The molecule has 1 fully saturated rings. The molecule has 2 aliphatic carbocycles. The number of fused-ring (bicyclic) bond motifs is 2. The molecular weight excluding hydrogens is 270 g/mol. The van der Waals surface area contributed by atoms with Gasteiger partial charge in [-0.3, -0.25) is 9.59 Å². The Hall–Kier alpha value is -2.30. The zero-order valence-corrected chi connectivity index (χ0v) is 11.6. The number of aliphatic carboxylic acids is 1. The van der Waals surface area contributed by atoms with Gasteiger partial charge in [-0.15, -0.1) is 0 Å². The Kier molecular flexibility index (Phi) is 3.20. The molecule has 2 N–H and O–H groups in total. The molecule has 4 unspecified atom stereocenters. The maximum atomic E-state index is 12.7. The van der Waals surface area contributed by atoms with Crippen molar-refractivity contribution in [1.29, 1.82) is 0 Å². The van der Waals surface area contributed by atoms with Crippen molar-refractivity contribution in [3.63, 3.8) is 0 Å². The summed E-state index contributed by atoms with van der Waals surface area (Å²) in [5.74, 6) is -2.24. The number of carboxylic acids is 1. The molecule has 3 rings (SSSR count). The number of aromatic hydroxyl groups is 1. The largest absolute Gasteiger partial charge is 0.508 e. The molecule has 0 spiro atoms. The highest BCUT2D eigenvalue weighted by Crippen LogP contribution is 2.49. The van der Waals surface area contributed by atoms with Gasteiger partial charge in [0, 0.05) is 18.8 Å². The highest BCUT2D eigenvalue weighted by atomic mass is 16.4. The van der Waals surface area contributed by atoms with Gasteiger partial charge < -0.3 is 15.1 Å². The predicted molar refractivity (Wildman–Crippen MR) is 76.9 cm³/mol. The number of anilines is 1. The number of carbonyl (C=O) groups excluding carboxylic acids is 1. The van der Waals surface area contributed by atoms with Crippen LogP contribution >= 0.6 is 0 Å².